The van der Waals surface area contributed by atoms with Gasteiger partial charge in [0.1, 0.15) is 11.5 Å². The van der Waals surface area contributed by atoms with Crippen molar-refractivity contribution in [3.63, 3.8) is 0 Å². The summed E-state index contributed by atoms with van der Waals surface area (Å²) in [5, 5.41) is 31.4. The second-order valence-corrected chi connectivity index (χ2v) is 10.3. The van der Waals surface area contributed by atoms with Crippen LogP contribution in [0.1, 0.15) is 90.2 Å². The smallest absolute Gasteiger partial charge is 0.331 e. The molecule has 1 saturated carbocycles. The Labute approximate surface area is 174 Å². The monoisotopic (exact) mass is 400 g/mol. The Kier molecular flexibility index (Phi) is 5.77. The van der Waals surface area contributed by atoms with E-state index in [1.807, 2.05) is 0 Å². The van der Waals surface area contributed by atoms with Crippen LogP contribution in [0, 0.1) is 17.3 Å². The van der Waals surface area contributed by atoms with E-state index in [0.717, 1.165) is 24.8 Å². The number of hydrogen-bond donors (Lipinski definition) is 3. The Balaban J connectivity index is 1.92. The van der Waals surface area contributed by atoms with E-state index >= 15 is 0 Å². The highest BCUT2D eigenvalue weighted by atomic mass is 16.4. The molecule has 3 atom stereocenters. The minimum Gasteiger partial charge on any atom is -0.507 e. The van der Waals surface area contributed by atoms with Crippen LogP contribution in [0.3, 0.4) is 0 Å². The molecule has 0 spiro atoms. The van der Waals surface area contributed by atoms with Gasteiger partial charge >= 0.3 is 5.97 Å². The first-order chi connectivity index (χ1) is 13.5. The zero-order chi connectivity index (χ0) is 21.6. The standard InChI is InChI=1S/C25H36O4/c1-6-7-8-9-10-24(2,3)15-11-20(26)22(21(27)12-15)16-13-17(23(28)29)19-14-18(16)25(19,4)5/h11-13,16,18-19,26-27H,6-10,14H2,1-5H3,(H,28,29). The zero-order valence-electron chi connectivity index (χ0n) is 18.5. The number of carbonyl (C=O) groups is 1. The first-order valence-electron chi connectivity index (χ1n) is 11.0. The van der Waals surface area contributed by atoms with Crippen LogP contribution >= 0.6 is 0 Å². The molecule has 3 aliphatic rings. The highest BCUT2D eigenvalue weighted by Gasteiger charge is 2.57. The number of fused-ring (bicyclic) bond motifs is 1. The first kappa shape index (κ1) is 21.7. The van der Waals surface area contributed by atoms with Crippen LogP contribution in [0.15, 0.2) is 23.8 Å². The topological polar surface area (TPSA) is 77.8 Å². The SMILES string of the molecule is CCCCCCC(C)(C)c1cc(O)c(C2C=C(C(=O)O)C3CC2C3(C)C)c(O)c1. The van der Waals surface area contributed by atoms with Gasteiger partial charge in [0.05, 0.1) is 0 Å². The minimum absolute atomic E-state index is 0.0480. The number of benzene rings is 1. The number of aromatic hydroxyl groups is 2. The van der Waals surface area contributed by atoms with Gasteiger partial charge < -0.3 is 15.3 Å². The summed E-state index contributed by atoms with van der Waals surface area (Å²) in [5.41, 5.74) is 1.53. The van der Waals surface area contributed by atoms with Gasteiger partial charge in [-0.05, 0) is 53.2 Å². The molecular formula is C25H36O4. The summed E-state index contributed by atoms with van der Waals surface area (Å²) in [4.78, 5) is 11.8. The van der Waals surface area contributed by atoms with Crippen molar-refractivity contribution in [2.45, 2.75) is 84.5 Å². The number of phenolic OH excluding ortho intramolecular Hbond substituents is 2. The Morgan fingerprint density at radius 1 is 1.14 bits per heavy atom. The summed E-state index contributed by atoms with van der Waals surface area (Å²) < 4.78 is 0. The van der Waals surface area contributed by atoms with Crippen molar-refractivity contribution < 1.29 is 20.1 Å². The van der Waals surface area contributed by atoms with Crippen LogP contribution < -0.4 is 0 Å². The van der Waals surface area contributed by atoms with Gasteiger partial charge in [0.15, 0.2) is 0 Å². The molecule has 0 amide bonds. The van der Waals surface area contributed by atoms with Crippen LogP contribution in [0.5, 0.6) is 11.5 Å². The molecule has 4 rings (SSSR count). The lowest BCUT2D eigenvalue weighted by Crippen LogP contribution is -2.52. The molecule has 0 radical (unpaired) electrons. The molecule has 2 bridgehead atoms. The zero-order valence-corrected chi connectivity index (χ0v) is 18.5. The molecule has 4 heteroatoms. The second kappa shape index (κ2) is 7.70. The van der Waals surface area contributed by atoms with Gasteiger partial charge in [-0.1, -0.05) is 66.4 Å². The predicted octanol–water partition coefficient (Wildman–Crippen LogP) is 6.12. The number of unbranched alkanes of at least 4 members (excludes halogenated alkanes) is 3. The van der Waals surface area contributed by atoms with Gasteiger partial charge in [0.25, 0.3) is 0 Å². The molecule has 3 unspecified atom stereocenters. The van der Waals surface area contributed by atoms with Crippen molar-refractivity contribution in [1.82, 2.24) is 0 Å². The maximum atomic E-state index is 11.8. The van der Waals surface area contributed by atoms with E-state index in [9.17, 15) is 20.1 Å². The van der Waals surface area contributed by atoms with Crippen molar-refractivity contribution in [3.05, 3.63) is 34.9 Å². The summed E-state index contributed by atoms with van der Waals surface area (Å²) in [5.74, 6) is -0.743. The number of carboxylic acids is 1. The summed E-state index contributed by atoms with van der Waals surface area (Å²) in [6.45, 7) is 10.7. The maximum Gasteiger partial charge on any atom is 0.331 e. The molecule has 1 aromatic rings. The number of phenols is 2. The predicted molar refractivity (Wildman–Crippen MR) is 115 cm³/mol. The highest BCUT2D eigenvalue weighted by Crippen LogP contribution is 2.65. The van der Waals surface area contributed by atoms with Gasteiger partial charge in [-0.25, -0.2) is 4.79 Å². The molecule has 0 aliphatic heterocycles. The third kappa shape index (κ3) is 3.78. The van der Waals surface area contributed by atoms with Crippen molar-refractivity contribution in [3.8, 4) is 11.5 Å². The van der Waals surface area contributed by atoms with Crippen molar-refractivity contribution in [1.29, 1.82) is 0 Å². The minimum atomic E-state index is -0.893. The van der Waals surface area contributed by atoms with Gasteiger partial charge in [0.2, 0.25) is 0 Å². The van der Waals surface area contributed by atoms with E-state index in [1.54, 1.807) is 18.2 Å². The Hall–Kier alpha value is -1.97. The molecule has 0 saturated heterocycles. The van der Waals surface area contributed by atoms with E-state index in [4.69, 9.17) is 0 Å². The molecular weight excluding hydrogens is 364 g/mol. The number of carboxylic acid groups (broad SMARTS) is 1. The molecule has 3 N–H and O–H groups in total. The largest absolute Gasteiger partial charge is 0.507 e. The van der Waals surface area contributed by atoms with E-state index in [0.29, 0.717) is 11.1 Å². The third-order valence-electron chi connectivity index (χ3n) is 7.66. The lowest BCUT2D eigenvalue weighted by molar-refractivity contribution is -0.137. The average molecular weight is 401 g/mol. The lowest BCUT2D eigenvalue weighted by Gasteiger charge is -2.58. The van der Waals surface area contributed by atoms with Gasteiger partial charge in [0, 0.05) is 17.1 Å². The molecule has 29 heavy (non-hydrogen) atoms. The fraction of sp³-hybridized carbons (Fsp3) is 0.640. The van der Waals surface area contributed by atoms with Crippen molar-refractivity contribution in [2.75, 3.05) is 0 Å². The van der Waals surface area contributed by atoms with E-state index in [2.05, 4.69) is 34.6 Å². The number of aliphatic carboxylic acids is 1. The van der Waals surface area contributed by atoms with Crippen LogP contribution in [-0.2, 0) is 10.2 Å². The van der Waals surface area contributed by atoms with Gasteiger partial charge in [-0.2, -0.15) is 0 Å². The molecule has 0 aromatic heterocycles. The fourth-order valence-corrected chi connectivity index (χ4v) is 5.52. The van der Waals surface area contributed by atoms with Gasteiger partial charge in [-0.3, -0.25) is 0 Å². The summed E-state index contributed by atoms with van der Waals surface area (Å²) in [7, 11) is 0. The van der Waals surface area contributed by atoms with Crippen molar-refractivity contribution in [2.24, 2.45) is 17.3 Å². The Bertz CT molecular complexity index is 795. The van der Waals surface area contributed by atoms with Crippen molar-refractivity contribution >= 4 is 5.97 Å². The molecule has 1 aromatic carbocycles. The fourth-order valence-electron chi connectivity index (χ4n) is 5.52. The molecule has 4 nitrogen and oxygen atoms in total. The third-order valence-corrected chi connectivity index (χ3v) is 7.66. The number of allylic oxidation sites excluding steroid dienone is 1. The second-order valence-electron chi connectivity index (χ2n) is 10.3. The summed E-state index contributed by atoms with van der Waals surface area (Å²) in [6.07, 6.45) is 8.28. The normalized spacial score (nSPS) is 25.3. The molecule has 1 fully saturated rings. The lowest BCUT2D eigenvalue weighted by atomic mass is 9.45. The Morgan fingerprint density at radius 2 is 1.76 bits per heavy atom. The van der Waals surface area contributed by atoms with Crippen LogP contribution in [-0.4, -0.2) is 21.3 Å². The highest BCUT2D eigenvalue weighted by molar-refractivity contribution is 5.88. The first-order valence-corrected chi connectivity index (χ1v) is 11.0. The summed E-state index contributed by atoms with van der Waals surface area (Å²) in [6, 6.07) is 3.56. The van der Waals surface area contributed by atoms with Gasteiger partial charge in [-0.15, -0.1) is 0 Å². The van der Waals surface area contributed by atoms with Crippen LogP contribution in [0.25, 0.3) is 0 Å². The molecule has 3 aliphatic carbocycles. The van der Waals surface area contributed by atoms with E-state index < -0.39 is 5.97 Å². The van der Waals surface area contributed by atoms with E-state index in [1.165, 1.54) is 19.3 Å². The maximum absolute atomic E-state index is 11.8. The van der Waals surface area contributed by atoms with Crippen LogP contribution in [0.2, 0.25) is 0 Å². The quantitative estimate of drug-likeness (QED) is 0.460. The number of rotatable bonds is 8. The summed E-state index contributed by atoms with van der Waals surface area (Å²) >= 11 is 0. The molecule has 160 valence electrons. The molecule has 0 heterocycles. The number of hydrogen-bond acceptors (Lipinski definition) is 3. The van der Waals surface area contributed by atoms with E-state index in [-0.39, 0.29) is 40.1 Å². The Morgan fingerprint density at radius 3 is 2.28 bits per heavy atom. The average Bonchev–Trinajstić information content (AvgIpc) is 2.64. The van der Waals surface area contributed by atoms with Crippen LogP contribution in [0.4, 0.5) is 0 Å².